The molecule has 3 heteroatoms. The van der Waals surface area contributed by atoms with Crippen LogP contribution in [0.4, 0.5) is 0 Å². The predicted octanol–water partition coefficient (Wildman–Crippen LogP) is 4.88. The van der Waals surface area contributed by atoms with Crippen molar-refractivity contribution in [2.75, 3.05) is 0 Å². The summed E-state index contributed by atoms with van der Waals surface area (Å²) in [5.41, 5.74) is 3.90. The molecule has 1 aliphatic carbocycles. The van der Waals surface area contributed by atoms with E-state index in [9.17, 15) is 5.11 Å². The Balaban J connectivity index is 1.80. The number of halogens is 1. The van der Waals surface area contributed by atoms with Crippen molar-refractivity contribution in [3.8, 4) is 5.75 Å². The van der Waals surface area contributed by atoms with E-state index in [0.29, 0.717) is 17.8 Å². The summed E-state index contributed by atoms with van der Waals surface area (Å²) in [4.78, 5) is 0. The lowest BCUT2D eigenvalue weighted by Crippen LogP contribution is -2.27. The van der Waals surface area contributed by atoms with Crippen molar-refractivity contribution in [1.82, 2.24) is 5.32 Å². The van der Waals surface area contributed by atoms with Crippen LogP contribution in [0.5, 0.6) is 5.75 Å². The van der Waals surface area contributed by atoms with Crippen molar-refractivity contribution in [2.24, 2.45) is 0 Å². The maximum absolute atomic E-state index is 9.64. The highest BCUT2D eigenvalue weighted by Gasteiger charge is 2.22. The average molecular weight is 346 g/mol. The van der Waals surface area contributed by atoms with Crippen LogP contribution in [0.1, 0.15) is 48.5 Å². The Morgan fingerprint density at radius 1 is 1.24 bits per heavy atom. The van der Waals surface area contributed by atoms with Crippen molar-refractivity contribution >= 4 is 15.9 Å². The monoisotopic (exact) mass is 345 g/mol. The number of aryl methyl sites for hydroxylation is 1. The first-order chi connectivity index (χ1) is 10.1. The molecule has 0 spiro atoms. The largest absolute Gasteiger partial charge is 0.508 e. The van der Waals surface area contributed by atoms with E-state index in [4.69, 9.17) is 0 Å². The van der Waals surface area contributed by atoms with Crippen LogP contribution in [0.3, 0.4) is 0 Å². The highest BCUT2D eigenvalue weighted by atomic mass is 79.9. The van der Waals surface area contributed by atoms with Gasteiger partial charge >= 0.3 is 0 Å². The minimum absolute atomic E-state index is 0.298. The molecule has 0 bridgehead atoms. The molecule has 2 atom stereocenters. The normalized spacial score (nSPS) is 19.0. The summed E-state index contributed by atoms with van der Waals surface area (Å²) in [5.74, 6) is 0.370. The van der Waals surface area contributed by atoms with Gasteiger partial charge in [-0.15, -0.1) is 0 Å². The number of fused-ring (bicyclic) bond motifs is 1. The summed E-state index contributed by atoms with van der Waals surface area (Å²) in [6, 6.07) is 14.9. The number of rotatable bonds is 3. The van der Waals surface area contributed by atoms with Gasteiger partial charge in [0.05, 0.1) is 0 Å². The maximum Gasteiger partial charge on any atom is 0.115 e. The highest BCUT2D eigenvalue weighted by Crippen LogP contribution is 2.33. The molecule has 0 aliphatic heterocycles. The second kappa shape index (κ2) is 6.20. The van der Waals surface area contributed by atoms with Gasteiger partial charge in [-0.05, 0) is 67.1 Å². The van der Waals surface area contributed by atoms with Gasteiger partial charge in [0.1, 0.15) is 5.75 Å². The topological polar surface area (TPSA) is 32.3 Å². The van der Waals surface area contributed by atoms with Crippen LogP contribution >= 0.6 is 15.9 Å². The van der Waals surface area contributed by atoms with E-state index >= 15 is 0 Å². The number of phenols is 1. The van der Waals surface area contributed by atoms with Crippen LogP contribution < -0.4 is 5.32 Å². The molecule has 0 amide bonds. The number of hydrogen-bond acceptors (Lipinski definition) is 2. The van der Waals surface area contributed by atoms with E-state index in [0.717, 1.165) is 17.3 Å². The molecule has 110 valence electrons. The van der Waals surface area contributed by atoms with Crippen molar-refractivity contribution < 1.29 is 5.11 Å². The SMILES string of the molecule is CC(NC1CCCc2cc(O)ccc21)c1cccc(Br)c1. The van der Waals surface area contributed by atoms with Crippen LogP contribution in [-0.4, -0.2) is 5.11 Å². The summed E-state index contributed by atoms with van der Waals surface area (Å²) in [5, 5.41) is 13.4. The summed E-state index contributed by atoms with van der Waals surface area (Å²) in [6.07, 6.45) is 3.38. The van der Waals surface area contributed by atoms with Crippen molar-refractivity contribution in [3.63, 3.8) is 0 Å². The third-order valence-corrected chi connectivity index (χ3v) is 4.73. The minimum Gasteiger partial charge on any atom is -0.508 e. The van der Waals surface area contributed by atoms with Gasteiger partial charge in [0.25, 0.3) is 0 Å². The summed E-state index contributed by atoms with van der Waals surface area (Å²) < 4.78 is 1.11. The molecule has 0 fully saturated rings. The van der Waals surface area contributed by atoms with E-state index in [2.05, 4.69) is 58.5 Å². The fourth-order valence-corrected chi connectivity index (χ4v) is 3.56. The van der Waals surface area contributed by atoms with Gasteiger partial charge in [0, 0.05) is 16.6 Å². The van der Waals surface area contributed by atoms with E-state index in [1.807, 2.05) is 6.07 Å². The second-order valence-electron chi connectivity index (χ2n) is 5.77. The lowest BCUT2D eigenvalue weighted by atomic mass is 9.87. The highest BCUT2D eigenvalue weighted by molar-refractivity contribution is 9.10. The van der Waals surface area contributed by atoms with E-state index in [1.165, 1.54) is 23.1 Å². The zero-order chi connectivity index (χ0) is 14.8. The van der Waals surface area contributed by atoms with Gasteiger partial charge in [0.2, 0.25) is 0 Å². The smallest absolute Gasteiger partial charge is 0.115 e. The number of phenolic OH excluding ortho intramolecular Hbond substituents is 1. The molecule has 2 aromatic carbocycles. The first-order valence-corrected chi connectivity index (χ1v) is 8.26. The Hall–Kier alpha value is -1.32. The molecule has 0 radical (unpaired) electrons. The minimum atomic E-state index is 0.298. The molecule has 1 aliphatic rings. The molecular formula is C18H20BrNO. The lowest BCUT2D eigenvalue weighted by Gasteiger charge is -2.29. The molecule has 2 nitrogen and oxygen atoms in total. The Morgan fingerprint density at radius 3 is 2.90 bits per heavy atom. The molecule has 2 N–H and O–H groups in total. The lowest BCUT2D eigenvalue weighted by molar-refractivity contribution is 0.412. The Kier molecular flexibility index (Phi) is 4.32. The van der Waals surface area contributed by atoms with E-state index in [1.54, 1.807) is 6.07 Å². The van der Waals surface area contributed by atoms with E-state index in [-0.39, 0.29) is 0 Å². The third kappa shape index (κ3) is 3.30. The Morgan fingerprint density at radius 2 is 2.10 bits per heavy atom. The zero-order valence-corrected chi connectivity index (χ0v) is 13.7. The van der Waals surface area contributed by atoms with Crippen molar-refractivity contribution in [2.45, 2.75) is 38.3 Å². The first kappa shape index (κ1) is 14.6. The van der Waals surface area contributed by atoms with Crippen molar-refractivity contribution in [1.29, 1.82) is 0 Å². The molecule has 0 aromatic heterocycles. The summed E-state index contributed by atoms with van der Waals surface area (Å²) in [7, 11) is 0. The molecule has 0 saturated heterocycles. The number of hydrogen-bond donors (Lipinski definition) is 2. The zero-order valence-electron chi connectivity index (χ0n) is 12.1. The maximum atomic E-state index is 9.64. The number of nitrogens with one attached hydrogen (secondary N) is 1. The fourth-order valence-electron chi connectivity index (χ4n) is 3.15. The summed E-state index contributed by atoms with van der Waals surface area (Å²) >= 11 is 3.53. The second-order valence-corrected chi connectivity index (χ2v) is 6.69. The summed E-state index contributed by atoms with van der Waals surface area (Å²) in [6.45, 7) is 2.20. The predicted molar refractivity (Wildman–Crippen MR) is 89.5 cm³/mol. The number of benzene rings is 2. The van der Waals surface area contributed by atoms with Gasteiger partial charge < -0.3 is 10.4 Å². The standard InChI is InChI=1S/C18H20BrNO/c1-12(13-4-2-6-15(19)10-13)20-18-7-3-5-14-11-16(21)8-9-17(14)18/h2,4,6,8-12,18,20-21H,3,5,7H2,1H3. The molecule has 2 aromatic rings. The Labute approximate surface area is 134 Å². The molecule has 3 rings (SSSR count). The van der Waals surface area contributed by atoms with Gasteiger partial charge in [-0.3, -0.25) is 0 Å². The average Bonchev–Trinajstić information content (AvgIpc) is 2.47. The van der Waals surface area contributed by atoms with Crippen LogP contribution in [0.2, 0.25) is 0 Å². The van der Waals surface area contributed by atoms with E-state index < -0.39 is 0 Å². The molecule has 21 heavy (non-hydrogen) atoms. The van der Waals surface area contributed by atoms with Crippen LogP contribution in [0.15, 0.2) is 46.9 Å². The van der Waals surface area contributed by atoms with Gasteiger partial charge in [-0.2, -0.15) is 0 Å². The quantitative estimate of drug-likeness (QED) is 0.830. The Bertz CT molecular complexity index is 641. The van der Waals surface area contributed by atoms with Crippen LogP contribution in [0.25, 0.3) is 0 Å². The van der Waals surface area contributed by atoms with Crippen LogP contribution in [-0.2, 0) is 6.42 Å². The molecule has 0 heterocycles. The third-order valence-electron chi connectivity index (χ3n) is 4.24. The van der Waals surface area contributed by atoms with Gasteiger partial charge in [-0.1, -0.05) is 34.1 Å². The molecule has 2 unspecified atom stereocenters. The van der Waals surface area contributed by atoms with Crippen LogP contribution in [0, 0.1) is 0 Å². The first-order valence-electron chi connectivity index (χ1n) is 7.47. The fraction of sp³-hybridized carbons (Fsp3) is 0.333. The van der Waals surface area contributed by atoms with Crippen molar-refractivity contribution in [3.05, 3.63) is 63.6 Å². The number of aromatic hydroxyl groups is 1. The molecular weight excluding hydrogens is 326 g/mol. The van der Waals surface area contributed by atoms with Gasteiger partial charge in [-0.25, -0.2) is 0 Å². The molecule has 0 saturated carbocycles. The van der Waals surface area contributed by atoms with Gasteiger partial charge in [0.15, 0.2) is 0 Å².